The lowest BCUT2D eigenvalue weighted by Gasteiger charge is -2.28. The summed E-state index contributed by atoms with van der Waals surface area (Å²) in [5, 5.41) is 5.53. The van der Waals surface area contributed by atoms with Crippen molar-refractivity contribution in [1.29, 1.82) is 0 Å². The Labute approximate surface area is 178 Å². The van der Waals surface area contributed by atoms with Gasteiger partial charge >= 0.3 is 0 Å². The molecule has 0 saturated heterocycles. The maximum absolute atomic E-state index is 12.9. The number of nitrogens with one attached hydrogen (secondary N) is 2. The molecule has 0 aliphatic heterocycles. The Morgan fingerprint density at radius 1 is 1.00 bits per heavy atom. The fraction of sp³-hybridized carbons (Fsp3) is 0.364. The Hall–Kier alpha value is -2.87. The van der Waals surface area contributed by atoms with Crippen molar-refractivity contribution in [2.24, 2.45) is 5.92 Å². The molecule has 0 aromatic heterocycles. The summed E-state index contributed by atoms with van der Waals surface area (Å²) in [5.41, 5.74) is 2.02. The molecule has 8 heteroatoms. The van der Waals surface area contributed by atoms with Crippen molar-refractivity contribution in [1.82, 2.24) is 5.32 Å². The van der Waals surface area contributed by atoms with Crippen LogP contribution in [0.15, 0.2) is 48.5 Å². The first-order valence-corrected chi connectivity index (χ1v) is 11.6. The second-order valence-corrected chi connectivity index (χ2v) is 9.57. The number of nitrogens with zero attached hydrogens (tertiary/aromatic N) is 1. The van der Waals surface area contributed by atoms with Gasteiger partial charge in [0.05, 0.1) is 23.2 Å². The topological polar surface area (TPSA) is 95.6 Å². The standard InChI is InChI=1S/C22H29N3O4S/c1-15(2)14-23-22(27)19-8-6-7-9-20(19)24-21(26)17(4)25(30(5,28)29)18-12-10-16(3)11-13-18/h6-13,15,17H,14H2,1-5H3,(H,23,27)(H,24,26). The molecule has 2 aromatic carbocycles. The van der Waals surface area contributed by atoms with E-state index in [0.29, 0.717) is 23.5 Å². The number of carbonyl (C=O) groups is 2. The van der Waals surface area contributed by atoms with Gasteiger partial charge in [0, 0.05) is 6.54 Å². The normalized spacial score (nSPS) is 12.3. The number of hydrogen-bond donors (Lipinski definition) is 2. The van der Waals surface area contributed by atoms with Gasteiger partial charge in [-0.05, 0) is 44.0 Å². The molecule has 30 heavy (non-hydrogen) atoms. The summed E-state index contributed by atoms with van der Waals surface area (Å²) in [6.07, 6.45) is 1.06. The molecule has 2 amide bonds. The van der Waals surface area contributed by atoms with Crippen molar-refractivity contribution in [3.8, 4) is 0 Å². The maximum Gasteiger partial charge on any atom is 0.253 e. The van der Waals surface area contributed by atoms with E-state index in [9.17, 15) is 18.0 Å². The molecule has 7 nitrogen and oxygen atoms in total. The van der Waals surface area contributed by atoms with Crippen LogP contribution in [0.25, 0.3) is 0 Å². The minimum atomic E-state index is -3.72. The summed E-state index contributed by atoms with van der Waals surface area (Å²) in [5.74, 6) is -0.551. The van der Waals surface area contributed by atoms with Crippen molar-refractivity contribution < 1.29 is 18.0 Å². The minimum absolute atomic E-state index is 0.286. The van der Waals surface area contributed by atoms with E-state index >= 15 is 0 Å². The summed E-state index contributed by atoms with van der Waals surface area (Å²) in [6, 6.07) is 12.5. The fourth-order valence-electron chi connectivity index (χ4n) is 2.92. The fourth-order valence-corrected chi connectivity index (χ4v) is 4.09. The molecule has 1 atom stereocenters. The molecule has 2 rings (SSSR count). The van der Waals surface area contributed by atoms with Gasteiger partial charge in [0.25, 0.3) is 5.91 Å². The zero-order chi connectivity index (χ0) is 22.5. The highest BCUT2D eigenvalue weighted by atomic mass is 32.2. The molecule has 0 radical (unpaired) electrons. The van der Waals surface area contributed by atoms with Gasteiger partial charge in [0.1, 0.15) is 6.04 Å². The predicted octanol–water partition coefficient (Wildman–Crippen LogP) is 3.17. The average molecular weight is 432 g/mol. The number of hydrogen-bond acceptors (Lipinski definition) is 4. The zero-order valence-electron chi connectivity index (χ0n) is 18.0. The van der Waals surface area contributed by atoms with Crippen LogP contribution in [-0.2, 0) is 14.8 Å². The molecular formula is C22H29N3O4S. The molecule has 2 aromatic rings. The number of amides is 2. The summed E-state index contributed by atoms with van der Waals surface area (Å²) in [7, 11) is -3.72. The number of anilines is 2. The molecule has 0 spiro atoms. The first-order valence-electron chi connectivity index (χ1n) is 9.75. The van der Waals surface area contributed by atoms with Gasteiger partial charge < -0.3 is 10.6 Å². The second-order valence-electron chi connectivity index (χ2n) is 7.71. The zero-order valence-corrected chi connectivity index (χ0v) is 18.8. The molecular weight excluding hydrogens is 402 g/mol. The first kappa shape index (κ1) is 23.4. The van der Waals surface area contributed by atoms with Crippen molar-refractivity contribution >= 4 is 33.2 Å². The highest BCUT2D eigenvalue weighted by molar-refractivity contribution is 7.92. The molecule has 1 unspecified atom stereocenters. The van der Waals surface area contributed by atoms with E-state index in [1.165, 1.54) is 6.92 Å². The van der Waals surface area contributed by atoms with E-state index in [1.54, 1.807) is 48.5 Å². The Morgan fingerprint density at radius 2 is 1.60 bits per heavy atom. The monoisotopic (exact) mass is 431 g/mol. The molecule has 0 bridgehead atoms. The van der Waals surface area contributed by atoms with E-state index in [2.05, 4.69) is 10.6 Å². The van der Waals surface area contributed by atoms with Crippen LogP contribution in [0.2, 0.25) is 0 Å². The predicted molar refractivity (Wildman–Crippen MR) is 120 cm³/mol. The highest BCUT2D eigenvalue weighted by Gasteiger charge is 2.29. The van der Waals surface area contributed by atoms with Crippen LogP contribution in [-0.4, -0.2) is 39.1 Å². The van der Waals surface area contributed by atoms with E-state index in [4.69, 9.17) is 0 Å². The SMILES string of the molecule is Cc1ccc(N(C(C)C(=O)Nc2ccccc2C(=O)NCC(C)C)S(C)(=O)=O)cc1. The number of rotatable bonds is 8. The summed E-state index contributed by atoms with van der Waals surface area (Å²) in [4.78, 5) is 25.4. The van der Waals surface area contributed by atoms with Crippen molar-refractivity contribution in [3.05, 3.63) is 59.7 Å². The lowest BCUT2D eigenvalue weighted by Crippen LogP contribution is -2.45. The van der Waals surface area contributed by atoms with E-state index in [0.717, 1.165) is 16.1 Å². The van der Waals surface area contributed by atoms with Gasteiger partial charge in [-0.1, -0.05) is 43.7 Å². The smallest absolute Gasteiger partial charge is 0.253 e. The van der Waals surface area contributed by atoms with Crippen LogP contribution in [0.5, 0.6) is 0 Å². The van der Waals surface area contributed by atoms with Crippen LogP contribution in [0.3, 0.4) is 0 Å². The van der Waals surface area contributed by atoms with Gasteiger partial charge in [-0.2, -0.15) is 0 Å². The van der Waals surface area contributed by atoms with Gasteiger partial charge in [-0.15, -0.1) is 0 Å². The third-order valence-corrected chi connectivity index (χ3v) is 5.72. The number of sulfonamides is 1. The van der Waals surface area contributed by atoms with Gasteiger partial charge in [0.2, 0.25) is 15.9 Å². The Balaban J connectivity index is 2.28. The molecule has 0 fully saturated rings. The Bertz CT molecular complexity index is 1000. The number of para-hydroxylation sites is 1. The Morgan fingerprint density at radius 3 is 2.17 bits per heavy atom. The van der Waals surface area contributed by atoms with Gasteiger partial charge in [-0.3, -0.25) is 13.9 Å². The average Bonchev–Trinajstić information content (AvgIpc) is 2.67. The quantitative estimate of drug-likeness (QED) is 0.671. The number of carbonyl (C=O) groups excluding carboxylic acids is 2. The summed E-state index contributed by atoms with van der Waals surface area (Å²) in [6.45, 7) is 7.89. The molecule has 0 heterocycles. The van der Waals surface area contributed by atoms with Gasteiger partial charge in [-0.25, -0.2) is 8.42 Å². The lowest BCUT2D eigenvalue weighted by molar-refractivity contribution is -0.116. The van der Waals surface area contributed by atoms with Crippen LogP contribution in [0.1, 0.15) is 36.7 Å². The van der Waals surface area contributed by atoms with Crippen molar-refractivity contribution in [2.45, 2.75) is 33.7 Å². The third kappa shape index (κ3) is 6.06. The summed E-state index contributed by atoms with van der Waals surface area (Å²) >= 11 is 0. The van der Waals surface area contributed by atoms with E-state index < -0.39 is 22.0 Å². The summed E-state index contributed by atoms with van der Waals surface area (Å²) < 4.78 is 25.9. The maximum atomic E-state index is 12.9. The Kier molecular flexibility index (Phi) is 7.61. The minimum Gasteiger partial charge on any atom is -0.352 e. The first-order chi connectivity index (χ1) is 14.0. The van der Waals surface area contributed by atoms with Gasteiger partial charge in [0.15, 0.2) is 0 Å². The molecule has 0 saturated carbocycles. The molecule has 162 valence electrons. The van der Waals surface area contributed by atoms with Crippen molar-refractivity contribution in [2.75, 3.05) is 22.4 Å². The lowest BCUT2D eigenvalue weighted by atomic mass is 10.1. The molecule has 2 N–H and O–H groups in total. The van der Waals surface area contributed by atoms with Crippen LogP contribution in [0, 0.1) is 12.8 Å². The second kappa shape index (κ2) is 9.75. The van der Waals surface area contributed by atoms with Crippen LogP contribution < -0.4 is 14.9 Å². The van der Waals surface area contributed by atoms with Crippen LogP contribution >= 0.6 is 0 Å². The van der Waals surface area contributed by atoms with Crippen molar-refractivity contribution in [3.63, 3.8) is 0 Å². The largest absolute Gasteiger partial charge is 0.352 e. The third-order valence-electron chi connectivity index (χ3n) is 4.48. The van der Waals surface area contributed by atoms with E-state index in [-0.39, 0.29) is 11.8 Å². The van der Waals surface area contributed by atoms with E-state index in [1.807, 2.05) is 20.8 Å². The van der Waals surface area contributed by atoms with Crippen LogP contribution in [0.4, 0.5) is 11.4 Å². The number of benzene rings is 2. The molecule has 0 aliphatic rings. The molecule has 0 aliphatic carbocycles. The number of aryl methyl sites for hydroxylation is 1. The highest BCUT2D eigenvalue weighted by Crippen LogP contribution is 2.23.